The van der Waals surface area contributed by atoms with E-state index in [1.165, 1.54) is 17.7 Å². The number of hydrogen-bond acceptors (Lipinski definition) is 3. The Labute approximate surface area is 117 Å². The van der Waals surface area contributed by atoms with E-state index < -0.39 is 11.8 Å². The van der Waals surface area contributed by atoms with Crippen molar-refractivity contribution < 1.29 is 13.9 Å². The van der Waals surface area contributed by atoms with Crippen LogP contribution in [0.1, 0.15) is 27.0 Å². The van der Waals surface area contributed by atoms with Gasteiger partial charge in [0.15, 0.2) is 0 Å². The lowest BCUT2D eigenvalue weighted by atomic mass is 10.1. The molecule has 0 aliphatic rings. The van der Waals surface area contributed by atoms with Crippen LogP contribution in [0.15, 0.2) is 36.4 Å². The fourth-order valence-electron chi connectivity index (χ4n) is 1.83. The van der Waals surface area contributed by atoms with Gasteiger partial charge in [0.25, 0.3) is 0 Å². The van der Waals surface area contributed by atoms with E-state index in [1.54, 1.807) is 0 Å². The summed E-state index contributed by atoms with van der Waals surface area (Å²) < 4.78 is 18.3. The normalized spacial score (nSPS) is 10.3. The number of hydrogen-bond donors (Lipinski definition) is 1. The molecule has 0 heterocycles. The highest BCUT2D eigenvalue weighted by Crippen LogP contribution is 2.16. The fourth-order valence-corrected chi connectivity index (χ4v) is 1.83. The van der Waals surface area contributed by atoms with Crippen LogP contribution in [0.2, 0.25) is 0 Å². The third-order valence-electron chi connectivity index (χ3n) is 3.18. The molecule has 0 aromatic heterocycles. The summed E-state index contributed by atoms with van der Waals surface area (Å²) in [7, 11) is 0. The van der Waals surface area contributed by atoms with E-state index in [-0.39, 0.29) is 17.9 Å². The van der Waals surface area contributed by atoms with Crippen molar-refractivity contribution >= 4 is 11.7 Å². The van der Waals surface area contributed by atoms with E-state index in [0.717, 1.165) is 17.2 Å². The Bertz CT molecular complexity index is 653. The lowest BCUT2D eigenvalue weighted by Crippen LogP contribution is -2.09. The standard InChI is InChI=1S/C16H16FNO2/c1-10-3-4-12(7-11(10)2)9-20-16(19)14-8-13(17)5-6-15(14)18/h3-8H,9,18H2,1-2H3. The molecule has 4 heteroatoms. The van der Waals surface area contributed by atoms with Gasteiger partial charge in [-0.25, -0.2) is 9.18 Å². The summed E-state index contributed by atoms with van der Waals surface area (Å²) in [5.41, 5.74) is 9.08. The lowest BCUT2D eigenvalue weighted by molar-refractivity contribution is 0.0473. The molecule has 2 rings (SSSR count). The number of anilines is 1. The van der Waals surface area contributed by atoms with Crippen molar-refractivity contribution in [3.8, 4) is 0 Å². The summed E-state index contributed by atoms with van der Waals surface area (Å²) in [5.74, 6) is -1.14. The molecule has 0 radical (unpaired) electrons. The molecule has 3 nitrogen and oxygen atoms in total. The van der Waals surface area contributed by atoms with Crippen molar-refractivity contribution in [3.63, 3.8) is 0 Å². The van der Waals surface area contributed by atoms with E-state index in [9.17, 15) is 9.18 Å². The third kappa shape index (κ3) is 3.15. The highest BCUT2D eigenvalue weighted by atomic mass is 19.1. The second kappa shape index (κ2) is 5.74. The number of ether oxygens (including phenoxy) is 1. The zero-order valence-electron chi connectivity index (χ0n) is 11.4. The first kappa shape index (κ1) is 14.1. The van der Waals surface area contributed by atoms with E-state index in [0.29, 0.717) is 0 Å². The Morgan fingerprint density at radius 1 is 1.15 bits per heavy atom. The fraction of sp³-hybridized carbons (Fsp3) is 0.188. The smallest absolute Gasteiger partial charge is 0.340 e. The SMILES string of the molecule is Cc1ccc(COC(=O)c2cc(F)ccc2N)cc1C. The average Bonchev–Trinajstić information content (AvgIpc) is 2.42. The third-order valence-corrected chi connectivity index (χ3v) is 3.18. The van der Waals surface area contributed by atoms with Crippen LogP contribution in [-0.2, 0) is 11.3 Å². The van der Waals surface area contributed by atoms with Gasteiger partial charge in [-0.05, 0) is 48.7 Å². The Balaban J connectivity index is 2.08. The number of carbonyl (C=O) groups excluding carboxylic acids is 1. The Hall–Kier alpha value is -2.36. The van der Waals surface area contributed by atoms with E-state index in [4.69, 9.17) is 10.5 Å². The number of carbonyl (C=O) groups is 1. The number of benzene rings is 2. The van der Waals surface area contributed by atoms with Crippen molar-refractivity contribution in [1.82, 2.24) is 0 Å². The first-order valence-electron chi connectivity index (χ1n) is 6.25. The van der Waals surface area contributed by atoms with E-state index in [2.05, 4.69) is 0 Å². The lowest BCUT2D eigenvalue weighted by Gasteiger charge is -2.08. The number of aryl methyl sites for hydroxylation is 2. The molecule has 0 aliphatic heterocycles. The maximum absolute atomic E-state index is 13.1. The van der Waals surface area contributed by atoms with Gasteiger partial charge in [0.05, 0.1) is 5.56 Å². The van der Waals surface area contributed by atoms with Gasteiger partial charge in [0.1, 0.15) is 12.4 Å². The van der Waals surface area contributed by atoms with Crippen LogP contribution in [0, 0.1) is 19.7 Å². The van der Waals surface area contributed by atoms with Crippen LogP contribution in [0.5, 0.6) is 0 Å². The second-order valence-electron chi connectivity index (χ2n) is 4.73. The average molecular weight is 273 g/mol. The van der Waals surface area contributed by atoms with Crippen molar-refractivity contribution in [2.24, 2.45) is 0 Å². The maximum atomic E-state index is 13.1. The van der Waals surface area contributed by atoms with Gasteiger partial charge >= 0.3 is 5.97 Å². The van der Waals surface area contributed by atoms with Gasteiger partial charge in [0.2, 0.25) is 0 Å². The number of nitrogen functional groups attached to an aromatic ring is 1. The molecule has 0 bridgehead atoms. The molecule has 0 unspecified atom stereocenters. The van der Waals surface area contributed by atoms with Crippen molar-refractivity contribution in [2.45, 2.75) is 20.5 Å². The molecule has 20 heavy (non-hydrogen) atoms. The zero-order chi connectivity index (χ0) is 14.7. The van der Waals surface area contributed by atoms with Crippen LogP contribution in [0.25, 0.3) is 0 Å². The molecular formula is C16H16FNO2. The minimum atomic E-state index is -0.625. The van der Waals surface area contributed by atoms with Gasteiger partial charge in [-0.1, -0.05) is 18.2 Å². The van der Waals surface area contributed by atoms with Crippen LogP contribution in [0.4, 0.5) is 10.1 Å². The Morgan fingerprint density at radius 2 is 1.90 bits per heavy atom. The summed E-state index contributed by atoms with van der Waals surface area (Å²) in [5, 5.41) is 0. The minimum Gasteiger partial charge on any atom is -0.457 e. The molecule has 0 spiro atoms. The van der Waals surface area contributed by atoms with Crippen molar-refractivity contribution in [3.05, 3.63) is 64.5 Å². The van der Waals surface area contributed by atoms with E-state index in [1.807, 2.05) is 32.0 Å². The summed E-state index contributed by atoms with van der Waals surface area (Å²) in [6.07, 6.45) is 0. The molecule has 0 amide bonds. The minimum absolute atomic E-state index is 0.0498. The van der Waals surface area contributed by atoms with Crippen LogP contribution in [0.3, 0.4) is 0 Å². The highest BCUT2D eigenvalue weighted by molar-refractivity contribution is 5.95. The zero-order valence-corrected chi connectivity index (χ0v) is 11.4. The largest absolute Gasteiger partial charge is 0.457 e. The molecule has 2 aromatic rings. The predicted octanol–water partition coefficient (Wildman–Crippen LogP) is 3.38. The number of esters is 1. The van der Waals surface area contributed by atoms with Gasteiger partial charge < -0.3 is 10.5 Å². The van der Waals surface area contributed by atoms with Crippen molar-refractivity contribution in [2.75, 3.05) is 5.73 Å². The molecule has 0 saturated carbocycles. The summed E-state index contributed by atoms with van der Waals surface area (Å²) >= 11 is 0. The number of nitrogens with two attached hydrogens (primary N) is 1. The quantitative estimate of drug-likeness (QED) is 0.689. The molecule has 2 N–H and O–H groups in total. The van der Waals surface area contributed by atoms with Gasteiger partial charge in [-0.15, -0.1) is 0 Å². The van der Waals surface area contributed by atoms with Crippen molar-refractivity contribution in [1.29, 1.82) is 0 Å². The topological polar surface area (TPSA) is 52.3 Å². The van der Waals surface area contributed by atoms with Crippen LogP contribution < -0.4 is 5.73 Å². The van der Waals surface area contributed by atoms with Gasteiger partial charge in [-0.2, -0.15) is 0 Å². The highest BCUT2D eigenvalue weighted by Gasteiger charge is 2.12. The predicted molar refractivity (Wildman–Crippen MR) is 75.8 cm³/mol. The van der Waals surface area contributed by atoms with Crippen LogP contribution >= 0.6 is 0 Å². The van der Waals surface area contributed by atoms with E-state index >= 15 is 0 Å². The second-order valence-corrected chi connectivity index (χ2v) is 4.73. The van der Waals surface area contributed by atoms with Gasteiger partial charge in [-0.3, -0.25) is 0 Å². The summed E-state index contributed by atoms with van der Waals surface area (Å²) in [6, 6.07) is 9.45. The Kier molecular flexibility index (Phi) is 4.03. The first-order valence-corrected chi connectivity index (χ1v) is 6.25. The van der Waals surface area contributed by atoms with Gasteiger partial charge in [0, 0.05) is 5.69 Å². The monoisotopic (exact) mass is 273 g/mol. The molecule has 0 atom stereocenters. The first-order chi connectivity index (χ1) is 9.47. The summed E-state index contributed by atoms with van der Waals surface area (Å²) in [6.45, 7) is 4.14. The molecule has 0 saturated heterocycles. The molecular weight excluding hydrogens is 257 g/mol. The molecule has 0 fully saturated rings. The molecule has 0 aliphatic carbocycles. The molecule has 104 valence electrons. The van der Waals surface area contributed by atoms with Crippen LogP contribution in [-0.4, -0.2) is 5.97 Å². The number of halogens is 1. The maximum Gasteiger partial charge on any atom is 0.340 e. The molecule has 2 aromatic carbocycles. The summed E-state index contributed by atoms with van der Waals surface area (Å²) in [4.78, 5) is 11.9. The Morgan fingerprint density at radius 3 is 2.60 bits per heavy atom. The number of rotatable bonds is 3.